The molecular weight excluding hydrogens is 230 g/mol. The Labute approximate surface area is 117 Å². The van der Waals surface area contributed by atoms with Crippen molar-refractivity contribution in [3.05, 3.63) is 34.9 Å². The summed E-state index contributed by atoms with van der Waals surface area (Å²) in [6, 6.07) is 7.42. The van der Waals surface area contributed by atoms with Gasteiger partial charge in [0.15, 0.2) is 0 Å². The molecule has 0 aliphatic heterocycles. The highest BCUT2D eigenvalue weighted by molar-refractivity contribution is 5.34. The molecule has 104 valence electrons. The zero-order valence-corrected chi connectivity index (χ0v) is 12.6. The van der Waals surface area contributed by atoms with Crippen molar-refractivity contribution in [1.82, 2.24) is 5.32 Å². The SMILES string of the molecule is CCNC(Cc1c(C)cccc1C)C1C2CCCC21. The lowest BCUT2D eigenvalue weighted by atomic mass is 9.92. The van der Waals surface area contributed by atoms with E-state index in [0.29, 0.717) is 6.04 Å². The molecule has 3 unspecified atom stereocenters. The van der Waals surface area contributed by atoms with Crippen molar-refractivity contribution < 1.29 is 0 Å². The van der Waals surface area contributed by atoms with E-state index in [1.165, 1.54) is 36.8 Å². The molecule has 1 aromatic rings. The van der Waals surface area contributed by atoms with Crippen molar-refractivity contribution >= 4 is 0 Å². The van der Waals surface area contributed by atoms with Gasteiger partial charge in [-0.1, -0.05) is 31.5 Å². The summed E-state index contributed by atoms with van der Waals surface area (Å²) in [5.74, 6) is 3.06. The van der Waals surface area contributed by atoms with Crippen LogP contribution < -0.4 is 5.32 Å². The summed E-state index contributed by atoms with van der Waals surface area (Å²) in [6.45, 7) is 7.87. The Morgan fingerprint density at radius 1 is 1.16 bits per heavy atom. The van der Waals surface area contributed by atoms with Crippen LogP contribution in [0, 0.1) is 31.6 Å². The van der Waals surface area contributed by atoms with Crippen LogP contribution in [0.5, 0.6) is 0 Å². The molecule has 0 radical (unpaired) electrons. The molecule has 0 amide bonds. The number of rotatable bonds is 5. The fourth-order valence-electron chi connectivity index (χ4n) is 4.47. The molecule has 2 saturated carbocycles. The van der Waals surface area contributed by atoms with Crippen molar-refractivity contribution in [2.75, 3.05) is 6.54 Å². The summed E-state index contributed by atoms with van der Waals surface area (Å²) in [7, 11) is 0. The van der Waals surface area contributed by atoms with E-state index in [9.17, 15) is 0 Å². The molecule has 0 spiro atoms. The van der Waals surface area contributed by atoms with Crippen LogP contribution in [-0.2, 0) is 6.42 Å². The maximum Gasteiger partial charge on any atom is 0.0141 e. The lowest BCUT2D eigenvalue weighted by molar-refractivity contribution is 0.410. The van der Waals surface area contributed by atoms with Crippen LogP contribution in [0.2, 0.25) is 0 Å². The largest absolute Gasteiger partial charge is 0.314 e. The van der Waals surface area contributed by atoms with Gasteiger partial charge in [0.1, 0.15) is 0 Å². The molecule has 3 rings (SSSR count). The van der Waals surface area contributed by atoms with Gasteiger partial charge < -0.3 is 5.32 Å². The highest BCUT2D eigenvalue weighted by atomic mass is 14.9. The zero-order valence-electron chi connectivity index (χ0n) is 12.6. The Kier molecular flexibility index (Phi) is 3.66. The van der Waals surface area contributed by atoms with Crippen LogP contribution >= 0.6 is 0 Å². The minimum Gasteiger partial charge on any atom is -0.314 e. The molecule has 0 heterocycles. The smallest absolute Gasteiger partial charge is 0.0141 e. The van der Waals surface area contributed by atoms with Crippen molar-refractivity contribution in [3.8, 4) is 0 Å². The summed E-state index contributed by atoms with van der Waals surface area (Å²) in [5, 5.41) is 3.78. The minimum atomic E-state index is 0.708. The van der Waals surface area contributed by atoms with Crippen LogP contribution in [0.3, 0.4) is 0 Å². The number of aryl methyl sites for hydroxylation is 2. The maximum absolute atomic E-state index is 3.78. The predicted octanol–water partition coefficient (Wildman–Crippen LogP) is 3.87. The molecule has 1 N–H and O–H groups in total. The van der Waals surface area contributed by atoms with Crippen molar-refractivity contribution in [2.45, 2.75) is 52.5 Å². The van der Waals surface area contributed by atoms with Gasteiger partial charge in [-0.25, -0.2) is 0 Å². The molecule has 2 aliphatic carbocycles. The Balaban J connectivity index is 1.75. The molecule has 1 heteroatoms. The number of likely N-dealkylation sites (N-methyl/N-ethyl adjacent to an activating group) is 1. The first kappa shape index (κ1) is 13.2. The second kappa shape index (κ2) is 5.28. The maximum atomic E-state index is 3.78. The molecule has 0 saturated heterocycles. The van der Waals surface area contributed by atoms with E-state index in [0.717, 1.165) is 24.3 Å². The highest BCUT2D eigenvalue weighted by Crippen LogP contribution is 2.59. The first-order valence-corrected chi connectivity index (χ1v) is 8.00. The van der Waals surface area contributed by atoms with Gasteiger partial charge in [0.2, 0.25) is 0 Å². The van der Waals surface area contributed by atoms with Gasteiger partial charge in [-0.05, 0) is 74.1 Å². The van der Waals surface area contributed by atoms with E-state index < -0.39 is 0 Å². The molecule has 2 fully saturated rings. The molecular formula is C18H27N. The van der Waals surface area contributed by atoms with Gasteiger partial charge in [-0.15, -0.1) is 0 Å². The number of hydrogen-bond donors (Lipinski definition) is 1. The monoisotopic (exact) mass is 257 g/mol. The summed E-state index contributed by atoms with van der Waals surface area (Å²) < 4.78 is 0. The Morgan fingerprint density at radius 2 is 1.79 bits per heavy atom. The lowest BCUT2D eigenvalue weighted by Crippen LogP contribution is -2.35. The van der Waals surface area contributed by atoms with Crippen LogP contribution in [0.1, 0.15) is 42.9 Å². The fraction of sp³-hybridized carbons (Fsp3) is 0.667. The average molecular weight is 257 g/mol. The molecule has 0 aromatic heterocycles. The minimum absolute atomic E-state index is 0.708. The quantitative estimate of drug-likeness (QED) is 0.844. The van der Waals surface area contributed by atoms with Crippen molar-refractivity contribution in [2.24, 2.45) is 17.8 Å². The Hall–Kier alpha value is -0.820. The van der Waals surface area contributed by atoms with Crippen LogP contribution in [0.25, 0.3) is 0 Å². The van der Waals surface area contributed by atoms with E-state index in [1.807, 2.05) is 0 Å². The van der Waals surface area contributed by atoms with Gasteiger partial charge >= 0.3 is 0 Å². The molecule has 3 atom stereocenters. The second-order valence-corrected chi connectivity index (χ2v) is 6.57. The van der Waals surface area contributed by atoms with Crippen LogP contribution in [-0.4, -0.2) is 12.6 Å². The molecule has 19 heavy (non-hydrogen) atoms. The van der Waals surface area contributed by atoms with Crippen LogP contribution in [0.4, 0.5) is 0 Å². The summed E-state index contributed by atoms with van der Waals surface area (Å²) in [5.41, 5.74) is 4.51. The van der Waals surface area contributed by atoms with Crippen molar-refractivity contribution in [3.63, 3.8) is 0 Å². The van der Waals surface area contributed by atoms with Crippen LogP contribution in [0.15, 0.2) is 18.2 Å². The second-order valence-electron chi connectivity index (χ2n) is 6.57. The first-order valence-electron chi connectivity index (χ1n) is 8.00. The number of hydrogen-bond acceptors (Lipinski definition) is 1. The predicted molar refractivity (Wildman–Crippen MR) is 81.4 cm³/mol. The number of nitrogens with one attached hydrogen (secondary N) is 1. The molecule has 1 aromatic carbocycles. The summed E-state index contributed by atoms with van der Waals surface area (Å²) >= 11 is 0. The zero-order chi connectivity index (χ0) is 13.4. The highest BCUT2D eigenvalue weighted by Gasteiger charge is 2.55. The van der Waals surface area contributed by atoms with E-state index in [1.54, 1.807) is 5.56 Å². The van der Waals surface area contributed by atoms with E-state index >= 15 is 0 Å². The van der Waals surface area contributed by atoms with Gasteiger partial charge in [0.25, 0.3) is 0 Å². The summed E-state index contributed by atoms with van der Waals surface area (Å²) in [6.07, 6.45) is 5.69. The third kappa shape index (κ3) is 2.45. The van der Waals surface area contributed by atoms with E-state index in [4.69, 9.17) is 0 Å². The van der Waals surface area contributed by atoms with E-state index in [2.05, 4.69) is 44.3 Å². The fourth-order valence-corrected chi connectivity index (χ4v) is 4.47. The third-order valence-electron chi connectivity index (χ3n) is 5.47. The Bertz CT molecular complexity index is 421. The van der Waals surface area contributed by atoms with Gasteiger partial charge in [0, 0.05) is 6.04 Å². The van der Waals surface area contributed by atoms with E-state index in [-0.39, 0.29) is 0 Å². The number of benzene rings is 1. The molecule has 0 bridgehead atoms. The topological polar surface area (TPSA) is 12.0 Å². The van der Waals surface area contributed by atoms with Gasteiger partial charge in [0.05, 0.1) is 0 Å². The molecule has 2 aliphatic rings. The third-order valence-corrected chi connectivity index (χ3v) is 5.47. The lowest BCUT2D eigenvalue weighted by Gasteiger charge is -2.22. The average Bonchev–Trinajstić information content (AvgIpc) is 2.85. The normalized spacial score (nSPS) is 30.2. The van der Waals surface area contributed by atoms with Gasteiger partial charge in [-0.2, -0.15) is 0 Å². The number of fused-ring (bicyclic) bond motifs is 1. The summed E-state index contributed by atoms with van der Waals surface area (Å²) in [4.78, 5) is 0. The Morgan fingerprint density at radius 3 is 2.37 bits per heavy atom. The standard InChI is InChI=1S/C18H27N/c1-4-19-17(18-14-9-6-10-15(14)18)11-16-12(2)7-5-8-13(16)3/h5,7-8,14-15,17-19H,4,6,9-11H2,1-3H3. The van der Waals surface area contributed by atoms with Gasteiger partial charge in [-0.3, -0.25) is 0 Å². The van der Waals surface area contributed by atoms with Crippen molar-refractivity contribution in [1.29, 1.82) is 0 Å². The molecule has 1 nitrogen and oxygen atoms in total. The first-order chi connectivity index (χ1) is 9.22.